The quantitative estimate of drug-likeness (QED) is 0.0169. The number of carbonyl (C=O) groups excluding carboxylic acids is 4. The SMILES string of the molecule is CCCCCC/C=C\C=C/CCCCCCCC(=O)OC[C@H](COP(=O)(O)OC[C@@H](O)COP(=O)(O)OC[C@@H](COC(=O)CCCCCCCCC(C)CC)OC(=O)CCCCCCCCC(C)CC)OC(=O)CCCCCCCCCCCCCCCCCCCC. The number of hydrogen-bond acceptors (Lipinski definition) is 15. The van der Waals surface area contributed by atoms with Crippen LogP contribution in [0.4, 0.5) is 0 Å². The summed E-state index contributed by atoms with van der Waals surface area (Å²) in [6.45, 7) is 9.42. The predicted molar refractivity (Wildman–Crippen MR) is 377 cm³/mol. The van der Waals surface area contributed by atoms with Gasteiger partial charge in [0.25, 0.3) is 0 Å². The Labute approximate surface area is 567 Å². The van der Waals surface area contributed by atoms with Crippen molar-refractivity contribution in [3.63, 3.8) is 0 Å². The Kier molecular flexibility index (Phi) is 63.7. The summed E-state index contributed by atoms with van der Waals surface area (Å²) in [5.74, 6) is -0.706. The molecule has 0 aromatic carbocycles. The molecule has 0 saturated heterocycles. The Balaban J connectivity index is 5.27. The minimum Gasteiger partial charge on any atom is -0.462 e. The Bertz CT molecular complexity index is 1900. The van der Waals surface area contributed by atoms with Gasteiger partial charge in [0.2, 0.25) is 0 Å². The van der Waals surface area contributed by atoms with Crippen molar-refractivity contribution in [3.05, 3.63) is 24.3 Å². The van der Waals surface area contributed by atoms with E-state index < -0.39 is 97.5 Å². The van der Waals surface area contributed by atoms with Crippen molar-refractivity contribution in [1.82, 2.24) is 0 Å². The summed E-state index contributed by atoms with van der Waals surface area (Å²) in [4.78, 5) is 72.6. The number of carbonyl (C=O) groups is 4. The van der Waals surface area contributed by atoms with Crippen LogP contribution in [0.15, 0.2) is 24.3 Å². The first kappa shape index (κ1) is 90.5. The predicted octanol–water partition coefficient (Wildman–Crippen LogP) is 21.1. The molecule has 7 atom stereocenters. The molecule has 0 amide bonds. The molecule has 0 aliphatic carbocycles. The summed E-state index contributed by atoms with van der Waals surface area (Å²) in [5.41, 5.74) is 0. The van der Waals surface area contributed by atoms with Crippen molar-refractivity contribution in [1.29, 1.82) is 0 Å². The lowest BCUT2D eigenvalue weighted by Crippen LogP contribution is -2.30. The Morgan fingerprint density at radius 3 is 0.914 bits per heavy atom. The highest BCUT2D eigenvalue weighted by Gasteiger charge is 2.30. The van der Waals surface area contributed by atoms with Crippen molar-refractivity contribution < 1.29 is 80.2 Å². The molecule has 0 aromatic heterocycles. The molecule has 0 aliphatic rings. The summed E-state index contributed by atoms with van der Waals surface area (Å²) < 4.78 is 68.3. The molecule has 17 nitrogen and oxygen atoms in total. The second-order valence-electron chi connectivity index (χ2n) is 26.5. The zero-order valence-corrected chi connectivity index (χ0v) is 61.8. The second-order valence-corrected chi connectivity index (χ2v) is 29.4. The number of phosphoric ester groups is 2. The standard InChI is InChI=1S/C74H140O17P2/c1-7-11-13-15-17-19-21-23-25-26-27-29-31-33-35-37-46-52-58-73(78)90-69(62-84-71(76)56-50-44-36-34-32-30-28-24-22-20-18-16-14-12-8-2)64-88-92(80,81)86-60-68(75)61-87-93(82,83)89-65-70(91-74(79)59-53-47-41-39-43-49-55-67(6)10-4)63-85-72(77)57-51-45-40-38-42-48-54-66(5)9-3/h20,22,24,28,66-70,75H,7-19,21,23,25-27,29-65H2,1-6H3,(H,80,81)(H,82,83)/b22-20-,28-24-/t66?,67?,68-,69-,70-/m1/s1. The topological polar surface area (TPSA) is 237 Å². The zero-order valence-electron chi connectivity index (χ0n) is 60.0. The van der Waals surface area contributed by atoms with Crippen molar-refractivity contribution in [2.24, 2.45) is 11.8 Å². The van der Waals surface area contributed by atoms with Gasteiger partial charge >= 0.3 is 39.5 Å². The van der Waals surface area contributed by atoms with Gasteiger partial charge in [-0.3, -0.25) is 37.3 Å². The summed E-state index contributed by atoms with van der Waals surface area (Å²) >= 11 is 0. The smallest absolute Gasteiger partial charge is 0.462 e. The number of unbranched alkanes of at least 4 members (excludes halogenated alkanes) is 36. The number of phosphoric acid groups is 2. The highest BCUT2D eigenvalue weighted by Crippen LogP contribution is 2.45. The molecule has 0 saturated carbocycles. The molecular formula is C74H140O17P2. The highest BCUT2D eigenvalue weighted by atomic mass is 31.2. The van der Waals surface area contributed by atoms with E-state index in [1.165, 1.54) is 148 Å². The minimum atomic E-state index is -4.96. The fourth-order valence-corrected chi connectivity index (χ4v) is 12.3. The third kappa shape index (κ3) is 65.3. The molecule has 0 radical (unpaired) electrons. The van der Waals surface area contributed by atoms with Gasteiger partial charge in [-0.15, -0.1) is 0 Å². The van der Waals surface area contributed by atoms with E-state index in [4.69, 9.17) is 37.0 Å². The Morgan fingerprint density at radius 2 is 0.602 bits per heavy atom. The number of esters is 4. The van der Waals surface area contributed by atoms with Gasteiger partial charge in [0.05, 0.1) is 26.4 Å². The van der Waals surface area contributed by atoms with E-state index in [1.807, 2.05) is 0 Å². The van der Waals surface area contributed by atoms with Gasteiger partial charge in [-0.2, -0.15) is 0 Å². The highest BCUT2D eigenvalue weighted by molar-refractivity contribution is 7.47. The van der Waals surface area contributed by atoms with Crippen LogP contribution in [0.3, 0.4) is 0 Å². The van der Waals surface area contributed by atoms with E-state index in [2.05, 4.69) is 65.8 Å². The molecule has 0 heterocycles. The third-order valence-electron chi connectivity index (χ3n) is 17.3. The molecule has 0 aromatic rings. The van der Waals surface area contributed by atoms with E-state index in [1.54, 1.807) is 0 Å². The maximum atomic E-state index is 13.1. The van der Waals surface area contributed by atoms with Crippen LogP contribution in [-0.4, -0.2) is 96.7 Å². The molecule has 0 rings (SSSR count). The maximum Gasteiger partial charge on any atom is 0.472 e. The van der Waals surface area contributed by atoms with Gasteiger partial charge in [-0.1, -0.05) is 303 Å². The molecule has 0 aliphatic heterocycles. The Hall–Kier alpha value is -2.46. The second kappa shape index (κ2) is 65.5. The first-order valence-electron chi connectivity index (χ1n) is 37.9. The average Bonchev–Trinajstić information content (AvgIpc) is 1.60. The number of allylic oxidation sites excluding steroid dienone is 4. The summed E-state index contributed by atoms with van der Waals surface area (Å²) in [6, 6.07) is 0. The van der Waals surface area contributed by atoms with Crippen molar-refractivity contribution in [3.8, 4) is 0 Å². The van der Waals surface area contributed by atoms with Gasteiger partial charge in [0.15, 0.2) is 12.2 Å². The fraction of sp³-hybridized carbons (Fsp3) is 0.892. The summed E-state index contributed by atoms with van der Waals surface area (Å²) in [6.07, 6.45) is 55.1. The van der Waals surface area contributed by atoms with Crippen LogP contribution in [0.2, 0.25) is 0 Å². The molecule has 0 spiro atoms. The maximum absolute atomic E-state index is 13.1. The average molecular weight is 1360 g/mol. The van der Waals surface area contributed by atoms with Crippen LogP contribution in [0.25, 0.3) is 0 Å². The van der Waals surface area contributed by atoms with E-state index in [0.29, 0.717) is 25.7 Å². The van der Waals surface area contributed by atoms with Gasteiger partial charge in [-0.25, -0.2) is 9.13 Å². The van der Waals surface area contributed by atoms with Crippen LogP contribution in [0.1, 0.15) is 356 Å². The number of ether oxygens (including phenoxy) is 4. The van der Waals surface area contributed by atoms with Crippen molar-refractivity contribution in [2.45, 2.75) is 374 Å². The van der Waals surface area contributed by atoms with Gasteiger partial charge in [0.1, 0.15) is 19.3 Å². The van der Waals surface area contributed by atoms with E-state index in [9.17, 15) is 43.2 Å². The van der Waals surface area contributed by atoms with Crippen LogP contribution in [0.5, 0.6) is 0 Å². The first-order chi connectivity index (χ1) is 44.9. The van der Waals surface area contributed by atoms with Gasteiger partial charge in [0, 0.05) is 25.7 Å². The molecule has 4 unspecified atom stereocenters. The number of aliphatic hydroxyl groups is 1. The zero-order chi connectivity index (χ0) is 68.6. The lowest BCUT2D eigenvalue weighted by Gasteiger charge is -2.21. The van der Waals surface area contributed by atoms with E-state index >= 15 is 0 Å². The minimum absolute atomic E-state index is 0.0998. The van der Waals surface area contributed by atoms with Gasteiger partial charge < -0.3 is 33.8 Å². The number of rotatable bonds is 71. The monoisotopic (exact) mass is 1360 g/mol. The van der Waals surface area contributed by atoms with Crippen LogP contribution < -0.4 is 0 Å². The van der Waals surface area contributed by atoms with Gasteiger partial charge in [-0.05, 0) is 63.2 Å². The molecule has 0 fully saturated rings. The van der Waals surface area contributed by atoms with Crippen molar-refractivity contribution in [2.75, 3.05) is 39.6 Å². The summed E-state index contributed by atoms with van der Waals surface area (Å²) in [5, 5.41) is 10.6. The Morgan fingerprint density at radius 1 is 0.344 bits per heavy atom. The fourth-order valence-electron chi connectivity index (χ4n) is 10.7. The normalized spacial score (nSPS) is 14.8. The van der Waals surface area contributed by atoms with Crippen LogP contribution >= 0.6 is 15.6 Å². The third-order valence-corrected chi connectivity index (χ3v) is 19.2. The van der Waals surface area contributed by atoms with E-state index in [-0.39, 0.29) is 25.7 Å². The van der Waals surface area contributed by atoms with Crippen molar-refractivity contribution >= 4 is 39.5 Å². The lowest BCUT2D eigenvalue weighted by molar-refractivity contribution is -0.161. The summed E-state index contributed by atoms with van der Waals surface area (Å²) in [7, 11) is -9.92. The number of aliphatic hydroxyl groups excluding tert-OH is 1. The van der Waals surface area contributed by atoms with Crippen LogP contribution in [0, 0.1) is 11.8 Å². The molecule has 93 heavy (non-hydrogen) atoms. The van der Waals surface area contributed by atoms with E-state index in [0.717, 1.165) is 127 Å². The lowest BCUT2D eigenvalue weighted by atomic mass is 10.00. The molecular weight excluding hydrogens is 1220 g/mol. The molecule has 19 heteroatoms. The molecule has 0 bridgehead atoms. The molecule has 548 valence electrons. The largest absolute Gasteiger partial charge is 0.472 e. The number of hydrogen-bond donors (Lipinski definition) is 3. The molecule has 3 N–H and O–H groups in total. The first-order valence-corrected chi connectivity index (χ1v) is 40.9. The van der Waals surface area contributed by atoms with Crippen LogP contribution in [-0.2, 0) is 65.4 Å².